The molecule has 5 nitrogen and oxygen atoms in total. The molecule has 2 aliphatic rings. The molecule has 1 N–H and O–H groups in total. The molecule has 2 heterocycles. The normalized spacial score (nSPS) is 29.2. The van der Waals surface area contributed by atoms with Gasteiger partial charge in [0.2, 0.25) is 11.8 Å². The molecular formula is C12H20N2O3. The van der Waals surface area contributed by atoms with E-state index < -0.39 is 0 Å². The van der Waals surface area contributed by atoms with Crippen LogP contribution in [0.4, 0.5) is 0 Å². The van der Waals surface area contributed by atoms with Crippen LogP contribution in [0.25, 0.3) is 0 Å². The molecule has 2 saturated heterocycles. The summed E-state index contributed by atoms with van der Waals surface area (Å²) in [6.45, 7) is 1.65. The van der Waals surface area contributed by atoms with Crippen molar-refractivity contribution in [2.45, 2.75) is 37.6 Å². The van der Waals surface area contributed by atoms with Crippen molar-refractivity contribution >= 4 is 11.8 Å². The molecule has 17 heavy (non-hydrogen) atoms. The number of carbonyl (C=O) groups is 2. The average Bonchev–Trinajstić information content (AvgIpc) is 2.54. The SMILES string of the molecule is COCC(=O)N1CCCC2(CCC(=O)N2)CC1. The van der Waals surface area contributed by atoms with Gasteiger partial charge in [0.25, 0.3) is 0 Å². The minimum atomic E-state index is -0.0425. The van der Waals surface area contributed by atoms with E-state index in [9.17, 15) is 9.59 Å². The molecule has 96 valence electrons. The third kappa shape index (κ3) is 2.77. The first-order chi connectivity index (χ1) is 8.15. The van der Waals surface area contributed by atoms with E-state index >= 15 is 0 Å². The van der Waals surface area contributed by atoms with Crippen LogP contribution in [0, 0.1) is 0 Å². The standard InChI is InChI=1S/C12H20N2O3/c1-17-9-11(16)14-7-2-4-12(6-8-14)5-3-10(15)13-12/h2-9H2,1H3,(H,13,15). The minimum absolute atomic E-state index is 0.0425. The van der Waals surface area contributed by atoms with Crippen LogP contribution in [0.3, 0.4) is 0 Å². The highest BCUT2D eigenvalue weighted by Gasteiger charge is 2.39. The highest BCUT2D eigenvalue weighted by Crippen LogP contribution is 2.31. The van der Waals surface area contributed by atoms with Gasteiger partial charge < -0.3 is 15.0 Å². The van der Waals surface area contributed by atoms with Gasteiger partial charge in [0, 0.05) is 32.2 Å². The van der Waals surface area contributed by atoms with Gasteiger partial charge >= 0.3 is 0 Å². The van der Waals surface area contributed by atoms with Crippen molar-refractivity contribution in [3.63, 3.8) is 0 Å². The smallest absolute Gasteiger partial charge is 0.248 e. The Labute approximate surface area is 101 Å². The number of methoxy groups -OCH3 is 1. The largest absolute Gasteiger partial charge is 0.375 e. The Morgan fingerprint density at radius 2 is 2.24 bits per heavy atom. The van der Waals surface area contributed by atoms with Crippen molar-refractivity contribution in [2.75, 3.05) is 26.8 Å². The third-order valence-corrected chi connectivity index (χ3v) is 3.80. The Hall–Kier alpha value is -1.10. The lowest BCUT2D eigenvalue weighted by molar-refractivity contribution is -0.135. The third-order valence-electron chi connectivity index (χ3n) is 3.80. The summed E-state index contributed by atoms with van der Waals surface area (Å²) in [5, 5.41) is 3.09. The van der Waals surface area contributed by atoms with Crippen molar-refractivity contribution in [1.29, 1.82) is 0 Å². The van der Waals surface area contributed by atoms with Crippen LogP contribution in [-0.4, -0.2) is 49.1 Å². The highest BCUT2D eigenvalue weighted by molar-refractivity contribution is 5.79. The fraction of sp³-hybridized carbons (Fsp3) is 0.833. The van der Waals surface area contributed by atoms with Crippen LogP contribution in [0.2, 0.25) is 0 Å². The summed E-state index contributed by atoms with van der Waals surface area (Å²) in [7, 11) is 1.54. The topological polar surface area (TPSA) is 58.6 Å². The van der Waals surface area contributed by atoms with E-state index in [0.29, 0.717) is 6.42 Å². The number of amides is 2. The van der Waals surface area contributed by atoms with Gasteiger partial charge in [-0.05, 0) is 25.7 Å². The van der Waals surface area contributed by atoms with Crippen molar-refractivity contribution in [2.24, 2.45) is 0 Å². The Bertz CT molecular complexity index is 319. The first kappa shape index (κ1) is 12.4. The Morgan fingerprint density at radius 3 is 2.88 bits per heavy atom. The number of nitrogens with one attached hydrogen (secondary N) is 1. The second-order valence-electron chi connectivity index (χ2n) is 5.00. The van der Waals surface area contributed by atoms with Crippen LogP contribution >= 0.6 is 0 Å². The van der Waals surface area contributed by atoms with E-state index in [2.05, 4.69) is 5.32 Å². The lowest BCUT2D eigenvalue weighted by atomic mass is 9.89. The molecular weight excluding hydrogens is 220 g/mol. The first-order valence-electron chi connectivity index (χ1n) is 6.23. The van der Waals surface area contributed by atoms with Crippen molar-refractivity contribution in [1.82, 2.24) is 10.2 Å². The van der Waals surface area contributed by atoms with Gasteiger partial charge in [-0.1, -0.05) is 0 Å². The molecule has 2 amide bonds. The van der Waals surface area contributed by atoms with Crippen molar-refractivity contribution in [3.8, 4) is 0 Å². The summed E-state index contributed by atoms with van der Waals surface area (Å²) in [5.41, 5.74) is -0.0425. The molecule has 0 aliphatic carbocycles. The Morgan fingerprint density at radius 1 is 1.41 bits per heavy atom. The van der Waals surface area contributed by atoms with Gasteiger partial charge in [0.15, 0.2) is 0 Å². The zero-order valence-corrected chi connectivity index (χ0v) is 10.3. The number of ether oxygens (including phenoxy) is 1. The maximum Gasteiger partial charge on any atom is 0.248 e. The molecule has 0 aromatic rings. The van der Waals surface area contributed by atoms with Crippen LogP contribution < -0.4 is 5.32 Å². The Balaban J connectivity index is 1.93. The van der Waals surface area contributed by atoms with Gasteiger partial charge in [0.1, 0.15) is 6.61 Å². The second kappa shape index (κ2) is 5.04. The van der Waals surface area contributed by atoms with Crippen LogP contribution in [0.1, 0.15) is 32.1 Å². The van der Waals surface area contributed by atoms with Crippen molar-refractivity contribution in [3.05, 3.63) is 0 Å². The molecule has 0 aromatic heterocycles. The molecule has 2 fully saturated rings. The van der Waals surface area contributed by atoms with Crippen LogP contribution in [0.15, 0.2) is 0 Å². The number of likely N-dealkylation sites (tertiary alicyclic amines) is 1. The summed E-state index contributed by atoms with van der Waals surface area (Å²) < 4.78 is 4.87. The van der Waals surface area contributed by atoms with Crippen molar-refractivity contribution < 1.29 is 14.3 Å². The minimum Gasteiger partial charge on any atom is -0.375 e. The highest BCUT2D eigenvalue weighted by atomic mass is 16.5. The summed E-state index contributed by atoms with van der Waals surface area (Å²) in [4.78, 5) is 24.9. The van der Waals surface area contributed by atoms with Crippen LogP contribution in [0.5, 0.6) is 0 Å². The van der Waals surface area contributed by atoms with Gasteiger partial charge in [-0.2, -0.15) is 0 Å². The van der Waals surface area contributed by atoms with Gasteiger partial charge in [-0.25, -0.2) is 0 Å². The van der Waals surface area contributed by atoms with E-state index in [1.807, 2.05) is 4.90 Å². The predicted molar refractivity (Wildman–Crippen MR) is 62.4 cm³/mol. The van der Waals surface area contributed by atoms with Gasteiger partial charge in [0.05, 0.1) is 0 Å². The quantitative estimate of drug-likeness (QED) is 0.755. The summed E-state index contributed by atoms with van der Waals surface area (Å²) in [5.74, 6) is 0.204. The Kier molecular flexibility index (Phi) is 3.66. The number of rotatable bonds is 2. The molecule has 0 radical (unpaired) electrons. The molecule has 0 bridgehead atoms. The summed E-state index contributed by atoms with van der Waals surface area (Å²) in [6, 6.07) is 0. The van der Waals surface area contributed by atoms with E-state index in [-0.39, 0.29) is 24.0 Å². The van der Waals surface area contributed by atoms with E-state index in [0.717, 1.165) is 38.8 Å². The van der Waals surface area contributed by atoms with E-state index in [4.69, 9.17) is 4.74 Å². The maximum absolute atomic E-state index is 11.7. The lowest BCUT2D eigenvalue weighted by Gasteiger charge is -2.27. The van der Waals surface area contributed by atoms with Crippen LogP contribution in [-0.2, 0) is 14.3 Å². The number of carbonyl (C=O) groups excluding carboxylic acids is 2. The first-order valence-corrected chi connectivity index (χ1v) is 6.23. The fourth-order valence-electron chi connectivity index (χ4n) is 2.81. The number of hydrogen-bond acceptors (Lipinski definition) is 3. The molecule has 2 rings (SSSR count). The zero-order valence-electron chi connectivity index (χ0n) is 10.3. The molecule has 1 spiro atoms. The van der Waals surface area contributed by atoms with Gasteiger partial charge in [-0.3, -0.25) is 9.59 Å². The average molecular weight is 240 g/mol. The maximum atomic E-state index is 11.7. The molecule has 2 aliphatic heterocycles. The molecule has 1 atom stereocenters. The second-order valence-corrected chi connectivity index (χ2v) is 5.00. The van der Waals surface area contributed by atoms with E-state index in [1.54, 1.807) is 0 Å². The van der Waals surface area contributed by atoms with E-state index in [1.165, 1.54) is 7.11 Å². The number of nitrogens with zero attached hydrogens (tertiary/aromatic N) is 1. The summed E-state index contributed by atoms with van der Waals surface area (Å²) in [6.07, 6.45) is 4.35. The number of hydrogen-bond donors (Lipinski definition) is 1. The molecule has 5 heteroatoms. The molecule has 1 unspecified atom stereocenters. The zero-order chi connectivity index (χ0) is 12.3. The molecule has 0 aromatic carbocycles. The predicted octanol–water partition coefficient (Wildman–Crippen LogP) is 0.294. The fourth-order valence-corrected chi connectivity index (χ4v) is 2.81. The lowest BCUT2D eigenvalue weighted by Crippen LogP contribution is -2.43. The monoisotopic (exact) mass is 240 g/mol. The molecule has 0 saturated carbocycles. The van der Waals surface area contributed by atoms with Gasteiger partial charge in [-0.15, -0.1) is 0 Å². The summed E-state index contributed by atoms with van der Waals surface area (Å²) >= 11 is 0.